The molecule has 20 heavy (non-hydrogen) atoms. The highest BCUT2D eigenvalue weighted by Crippen LogP contribution is 2.22. The summed E-state index contributed by atoms with van der Waals surface area (Å²) in [6.07, 6.45) is 9.49. The predicted octanol–water partition coefficient (Wildman–Crippen LogP) is 6.44. The summed E-state index contributed by atoms with van der Waals surface area (Å²) < 4.78 is 0. The molecule has 1 aromatic carbocycles. The average Bonchev–Trinajstić information content (AvgIpc) is 2.49. The van der Waals surface area contributed by atoms with E-state index >= 15 is 0 Å². The van der Waals surface area contributed by atoms with Gasteiger partial charge in [-0.25, -0.2) is 0 Å². The van der Waals surface area contributed by atoms with Gasteiger partial charge in [0.15, 0.2) is 0 Å². The first kappa shape index (κ1) is 16.8. The average molecular weight is 270 g/mol. The van der Waals surface area contributed by atoms with Crippen molar-refractivity contribution in [2.24, 2.45) is 0 Å². The Morgan fingerprint density at radius 2 is 1.55 bits per heavy atom. The molecule has 0 heterocycles. The van der Waals surface area contributed by atoms with Gasteiger partial charge in [-0.1, -0.05) is 75.3 Å². The van der Waals surface area contributed by atoms with E-state index in [9.17, 15) is 0 Å². The van der Waals surface area contributed by atoms with E-state index in [0.717, 1.165) is 0 Å². The molecular formula is C20H30. The molecule has 0 saturated heterocycles. The Hall–Kier alpha value is -1.30. The monoisotopic (exact) mass is 270 g/mol. The van der Waals surface area contributed by atoms with Crippen LogP contribution in [0.1, 0.15) is 70.9 Å². The van der Waals surface area contributed by atoms with E-state index in [-0.39, 0.29) is 0 Å². The number of aryl methyl sites for hydroxylation is 1. The maximum Gasteiger partial charge on any atom is -0.0219 e. The second-order valence-corrected chi connectivity index (χ2v) is 5.73. The van der Waals surface area contributed by atoms with Crippen LogP contribution in [0.5, 0.6) is 0 Å². The standard InChI is InChI=1S/C18H24.C2H6/c1-14(2)18-12-10-17(11-13-18)9-8-16-6-4-15(3)5-7-16;1-2/h4,6,10-14H,5,7-9H2,1-3H3;1-2H3. The minimum absolute atomic E-state index is 0.633. The molecular weight excluding hydrogens is 240 g/mol. The molecule has 1 aliphatic carbocycles. The predicted molar refractivity (Wildman–Crippen MR) is 91.3 cm³/mol. The number of hydrogen-bond donors (Lipinski definition) is 0. The third-order valence-corrected chi connectivity index (χ3v) is 3.83. The normalized spacial score (nSPS) is 14.3. The first-order valence-corrected chi connectivity index (χ1v) is 8.09. The van der Waals surface area contributed by atoms with Crippen LogP contribution in [-0.2, 0) is 6.42 Å². The summed E-state index contributed by atoms with van der Waals surface area (Å²) in [5.74, 6) is 0.633. The van der Waals surface area contributed by atoms with E-state index in [0.29, 0.717) is 5.92 Å². The molecule has 0 amide bonds. The summed E-state index contributed by atoms with van der Waals surface area (Å²) in [5.41, 5.74) is 6.02. The lowest BCUT2D eigenvalue weighted by Crippen LogP contribution is -1.95. The molecule has 0 N–H and O–H groups in total. The zero-order chi connectivity index (χ0) is 15.0. The number of allylic oxidation sites excluding steroid dienone is 4. The van der Waals surface area contributed by atoms with Gasteiger partial charge >= 0.3 is 0 Å². The summed E-state index contributed by atoms with van der Waals surface area (Å²) >= 11 is 0. The van der Waals surface area contributed by atoms with Gasteiger partial charge in [-0.15, -0.1) is 0 Å². The van der Waals surface area contributed by atoms with Gasteiger partial charge in [0.05, 0.1) is 0 Å². The van der Waals surface area contributed by atoms with Gasteiger partial charge in [-0.05, 0) is 49.7 Å². The van der Waals surface area contributed by atoms with Crippen LogP contribution in [0.2, 0.25) is 0 Å². The van der Waals surface area contributed by atoms with Crippen molar-refractivity contribution in [2.45, 2.75) is 66.2 Å². The van der Waals surface area contributed by atoms with Gasteiger partial charge in [0.25, 0.3) is 0 Å². The third-order valence-electron chi connectivity index (χ3n) is 3.83. The van der Waals surface area contributed by atoms with Crippen LogP contribution >= 0.6 is 0 Å². The van der Waals surface area contributed by atoms with Crippen molar-refractivity contribution in [3.63, 3.8) is 0 Å². The largest absolute Gasteiger partial charge is 0.0730 e. The second-order valence-electron chi connectivity index (χ2n) is 5.73. The molecule has 0 heteroatoms. The van der Waals surface area contributed by atoms with Gasteiger partial charge in [0.2, 0.25) is 0 Å². The van der Waals surface area contributed by atoms with Gasteiger partial charge in [0, 0.05) is 0 Å². The molecule has 1 aromatic rings. The first-order valence-electron chi connectivity index (χ1n) is 8.09. The van der Waals surface area contributed by atoms with E-state index in [1.165, 1.54) is 42.4 Å². The van der Waals surface area contributed by atoms with Gasteiger partial charge in [0.1, 0.15) is 0 Å². The minimum atomic E-state index is 0.633. The summed E-state index contributed by atoms with van der Waals surface area (Å²) in [7, 11) is 0. The fourth-order valence-corrected chi connectivity index (χ4v) is 2.37. The Morgan fingerprint density at radius 1 is 0.900 bits per heavy atom. The lowest BCUT2D eigenvalue weighted by molar-refractivity contribution is 0.814. The first-order chi connectivity index (χ1) is 9.65. The van der Waals surface area contributed by atoms with Crippen LogP contribution in [0.3, 0.4) is 0 Å². The van der Waals surface area contributed by atoms with E-state index in [1.54, 1.807) is 5.57 Å². The van der Waals surface area contributed by atoms with E-state index in [4.69, 9.17) is 0 Å². The van der Waals surface area contributed by atoms with Crippen LogP contribution in [0.4, 0.5) is 0 Å². The van der Waals surface area contributed by atoms with Crippen molar-refractivity contribution in [3.05, 3.63) is 58.7 Å². The Morgan fingerprint density at radius 3 is 2.05 bits per heavy atom. The van der Waals surface area contributed by atoms with E-state index in [2.05, 4.69) is 57.2 Å². The Bertz CT molecular complexity index is 443. The van der Waals surface area contributed by atoms with Crippen LogP contribution in [0.15, 0.2) is 47.6 Å². The molecule has 0 atom stereocenters. The maximum atomic E-state index is 2.32. The lowest BCUT2D eigenvalue weighted by Gasteiger charge is -2.12. The van der Waals surface area contributed by atoms with Crippen molar-refractivity contribution in [2.75, 3.05) is 0 Å². The van der Waals surface area contributed by atoms with Crippen molar-refractivity contribution >= 4 is 0 Å². The second kappa shape index (κ2) is 8.79. The van der Waals surface area contributed by atoms with Crippen molar-refractivity contribution in [1.82, 2.24) is 0 Å². The molecule has 110 valence electrons. The van der Waals surface area contributed by atoms with Crippen molar-refractivity contribution in [1.29, 1.82) is 0 Å². The molecule has 0 unspecified atom stereocenters. The summed E-state index contributed by atoms with van der Waals surface area (Å²) in [6, 6.07) is 9.14. The third kappa shape index (κ3) is 5.36. The van der Waals surface area contributed by atoms with Crippen LogP contribution in [-0.4, -0.2) is 0 Å². The van der Waals surface area contributed by atoms with Crippen LogP contribution < -0.4 is 0 Å². The molecule has 0 fully saturated rings. The highest BCUT2D eigenvalue weighted by atomic mass is 14.1. The van der Waals surface area contributed by atoms with Crippen molar-refractivity contribution < 1.29 is 0 Å². The minimum Gasteiger partial charge on any atom is -0.0730 e. The summed E-state index contributed by atoms with van der Waals surface area (Å²) in [5, 5.41) is 0. The zero-order valence-electron chi connectivity index (χ0n) is 13.9. The zero-order valence-corrected chi connectivity index (χ0v) is 13.9. The maximum absolute atomic E-state index is 2.32. The Kier molecular flexibility index (Phi) is 7.36. The smallest absolute Gasteiger partial charge is 0.0219 e. The number of benzene rings is 1. The summed E-state index contributed by atoms with van der Waals surface area (Å²) in [4.78, 5) is 0. The summed E-state index contributed by atoms with van der Waals surface area (Å²) in [6.45, 7) is 10.7. The molecule has 1 aliphatic rings. The van der Waals surface area contributed by atoms with Gasteiger partial charge in [-0.2, -0.15) is 0 Å². The van der Waals surface area contributed by atoms with E-state index in [1.807, 2.05) is 13.8 Å². The van der Waals surface area contributed by atoms with E-state index < -0.39 is 0 Å². The molecule has 0 spiro atoms. The molecule has 0 aliphatic heterocycles. The van der Waals surface area contributed by atoms with Crippen LogP contribution in [0.25, 0.3) is 0 Å². The Labute approximate surface area is 125 Å². The van der Waals surface area contributed by atoms with Crippen LogP contribution in [0, 0.1) is 0 Å². The molecule has 0 radical (unpaired) electrons. The Balaban J connectivity index is 0.000000956. The highest BCUT2D eigenvalue weighted by Gasteiger charge is 2.04. The SMILES string of the molecule is CC.CC1=CC=C(CCc2ccc(C(C)C)cc2)CC1. The molecule has 0 bridgehead atoms. The molecule has 0 saturated carbocycles. The number of hydrogen-bond acceptors (Lipinski definition) is 0. The molecule has 0 nitrogen and oxygen atoms in total. The van der Waals surface area contributed by atoms with Crippen molar-refractivity contribution in [3.8, 4) is 0 Å². The topological polar surface area (TPSA) is 0 Å². The molecule has 0 aromatic heterocycles. The quantitative estimate of drug-likeness (QED) is 0.591. The highest BCUT2D eigenvalue weighted by molar-refractivity contribution is 5.27. The van der Waals surface area contributed by atoms with Gasteiger partial charge in [-0.3, -0.25) is 0 Å². The fraction of sp³-hybridized carbons (Fsp3) is 0.500. The van der Waals surface area contributed by atoms with Gasteiger partial charge < -0.3 is 0 Å². The fourth-order valence-electron chi connectivity index (χ4n) is 2.37. The molecule has 2 rings (SSSR count). The number of rotatable bonds is 4. The lowest BCUT2D eigenvalue weighted by atomic mass is 9.94.